The lowest BCUT2D eigenvalue weighted by Crippen LogP contribution is -2.06. The molecule has 0 rings (SSSR count). The molecule has 1 atom stereocenters. The predicted octanol–water partition coefficient (Wildman–Crippen LogP) is 4.18. The normalized spacial score (nSPS) is 16.1. The lowest BCUT2D eigenvalue weighted by molar-refractivity contribution is -0.135. The van der Waals surface area contributed by atoms with Gasteiger partial charge in [0.05, 0.1) is 0 Å². The summed E-state index contributed by atoms with van der Waals surface area (Å²) in [6.07, 6.45) is -2.05. The summed E-state index contributed by atoms with van der Waals surface area (Å²) < 4.78 is 46.8. The smallest absolute Gasteiger partial charge is 0.344 e. The second-order valence-electron chi connectivity index (χ2n) is 4.07. The molecular formula is C10H20F3O2P. The molecular weight excluding hydrogens is 240 g/mol. The summed E-state index contributed by atoms with van der Waals surface area (Å²) >= 11 is 0. The standard InChI is InChI=1S/C10H20F3O2P/c1-2-3-8-16(14,15)9-6-4-5-7-10(11,12)13/h2-9H2,1H3,(H,14,15). The Morgan fingerprint density at radius 1 is 1.06 bits per heavy atom. The maximum Gasteiger partial charge on any atom is 0.389 e. The van der Waals surface area contributed by atoms with Crippen molar-refractivity contribution in [1.82, 2.24) is 0 Å². The molecule has 6 heteroatoms. The Kier molecular flexibility index (Phi) is 7.32. The van der Waals surface area contributed by atoms with Gasteiger partial charge in [0.25, 0.3) is 0 Å². The molecule has 0 radical (unpaired) electrons. The third-order valence-electron chi connectivity index (χ3n) is 2.33. The predicted molar refractivity (Wildman–Crippen MR) is 59.0 cm³/mol. The van der Waals surface area contributed by atoms with Crippen LogP contribution in [0.1, 0.15) is 45.4 Å². The number of alkyl halides is 3. The number of hydrogen-bond donors (Lipinski definition) is 1. The van der Waals surface area contributed by atoms with Crippen LogP contribution in [0.3, 0.4) is 0 Å². The fourth-order valence-electron chi connectivity index (χ4n) is 1.38. The van der Waals surface area contributed by atoms with Crippen molar-refractivity contribution in [3.63, 3.8) is 0 Å². The zero-order valence-electron chi connectivity index (χ0n) is 9.59. The molecule has 0 saturated heterocycles. The number of rotatable bonds is 8. The molecule has 0 spiro atoms. The van der Waals surface area contributed by atoms with Crippen molar-refractivity contribution >= 4 is 7.37 Å². The zero-order valence-corrected chi connectivity index (χ0v) is 10.5. The molecule has 0 aromatic carbocycles. The van der Waals surface area contributed by atoms with Crippen LogP contribution < -0.4 is 0 Å². The van der Waals surface area contributed by atoms with Gasteiger partial charge in [0, 0.05) is 18.7 Å². The Balaban J connectivity index is 3.54. The van der Waals surface area contributed by atoms with E-state index in [4.69, 9.17) is 0 Å². The molecule has 0 bridgehead atoms. The molecule has 2 nitrogen and oxygen atoms in total. The molecule has 0 saturated carbocycles. The van der Waals surface area contributed by atoms with Crippen LogP contribution in [-0.4, -0.2) is 23.4 Å². The van der Waals surface area contributed by atoms with E-state index in [9.17, 15) is 22.6 Å². The second-order valence-corrected chi connectivity index (χ2v) is 6.66. The highest BCUT2D eigenvalue weighted by Gasteiger charge is 2.26. The molecule has 0 heterocycles. The topological polar surface area (TPSA) is 37.3 Å². The molecule has 16 heavy (non-hydrogen) atoms. The van der Waals surface area contributed by atoms with E-state index in [0.29, 0.717) is 25.4 Å². The van der Waals surface area contributed by atoms with Crippen molar-refractivity contribution in [2.24, 2.45) is 0 Å². The van der Waals surface area contributed by atoms with Crippen LogP contribution in [0.2, 0.25) is 0 Å². The molecule has 0 aromatic rings. The summed E-state index contributed by atoms with van der Waals surface area (Å²) in [7, 11) is -3.07. The highest BCUT2D eigenvalue weighted by atomic mass is 31.2. The number of unbranched alkanes of at least 4 members (excludes halogenated alkanes) is 3. The van der Waals surface area contributed by atoms with E-state index >= 15 is 0 Å². The Morgan fingerprint density at radius 2 is 1.62 bits per heavy atom. The monoisotopic (exact) mass is 260 g/mol. The van der Waals surface area contributed by atoms with Crippen molar-refractivity contribution in [3.8, 4) is 0 Å². The van der Waals surface area contributed by atoms with Crippen LogP contribution >= 0.6 is 7.37 Å². The summed E-state index contributed by atoms with van der Waals surface area (Å²) in [6, 6.07) is 0. The van der Waals surface area contributed by atoms with Crippen LogP contribution in [0.5, 0.6) is 0 Å². The van der Waals surface area contributed by atoms with Gasteiger partial charge in [-0.15, -0.1) is 0 Å². The van der Waals surface area contributed by atoms with Crippen molar-refractivity contribution in [2.45, 2.75) is 51.6 Å². The lowest BCUT2D eigenvalue weighted by Gasteiger charge is -2.11. The minimum absolute atomic E-state index is 0.0529. The van der Waals surface area contributed by atoms with E-state index in [1.807, 2.05) is 6.92 Å². The van der Waals surface area contributed by atoms with Gasteiger partial charge in [-0.3, -0.25) is 4.57 Å². The molecule has 1 unspecified atom stereocenters. The van der Waals surface area contributed by atoms with Crippen LogP contribution in [0.25, 0.3) is 0 Å². The molecule has 0 aliphatic carbocycles. The summed E-state index contributed by atoms with van der Waals surface area (Å²) in [5.74, 6) is 0. The van der Waals surface area contributed by atoms with Gasteiger partial charge in [0.15, 0.2) is 0 Å². The molecule has 0 aliphatic heterocycles. The quantitative estimate of drug-likeness (QED) is 0.525. The molecule has 1 N–H and O–H groups in total. The maximum atomic E-state index is 11.8. The van der Waals surface area contributed by atoms with Crippen molar-refractivity contribution in [2.75, 3.05) is 12.3 Å². The van der Waals surface area contributed by atoms with E-state index in [1.54, 1.807) is 0 Å². The lowest BCUT2D eigenvalue weighted by atomic mass is 10.2. The van der Waals surface area contributed by atoms with Crippen LogP contribution in [0, 0.1) is 0 Å². The highest BCUT2D eigenvalue weighted by Crippen LogP contribution is 2.42. The van der Waals surface area contributed by atoms with Gasteiger partial charge in [0.1, 0.15) is 0 Å². The van der Waals surface area contributed by atoms with Gasteiger partial charge in [-0.2, -0.15) is 13.2 Å². The van der Waals surface area contributed by atoms with E-state index in [2.05, 4.69) is 0 Å². The molecule has 0 aromatic heterocycles. The van der Waals surface area contributed by atoms with Gasteiger partial charge in [-0.1, -0.05) is 19.8 Å². The minimum Gasteiger partial charge on any atom is -0.344 e. The fourth-order valence-corrected chi connectivity index (χ4v) is 3.13. The SMILES string of the molecule is CCCCP(=O)(O)CCCCCC(F)(F)F. The first-order valence-corrected chi connectivity index (χ1v) is 7.67. The Labute approximate surface area is 94.7 Å². The van der Waals surface area contributed by atoms with Crippen LogP contribution in [-0.2, 0) is 4.57 Å². The third-order valence-corrected chi connectivity index (χ3v) is 4.36. The summed E-state index contributed by atoms with van der Waals surface area (Å²) in [4.78, 5) is 9.44. The van der Waals surface area contributed by atoms with Crippen molar-refractivity contribution in [3.05, 3.63) is 0 Å². The van der Waals surface area contributed by atoms with Gasteiger partial charge >= 0.3 is 6.18 Å². The van der Waals surface area contributed by atoms with E-state index < -0.39 is 20.0 Å². The summed E-state index contributed by atoms with van der Waals surface area (Å²) in [5, 5.41) is 0. The molecule has 0 fully saturated rings. The maximum absolute atomic E-state index is 11.8. The van der Waals surface area contributed by atoms with Crippen LogP contribution in [0.4, 0.5) is 13.2 Å². The van der Waals surface area contributed by atoms with Gasteiger partial charge in [-0.25, -0.2) is 0 Å². The Bertz CT molecular complexity index is 229. The first-order valence-electron chi connectivity index (χ1n) is 5.64. The van der Waals surface area contributed by atoms with Gasteiger partial charge in [0.2, 0.25) is 7.37 Å². The van der Waals surface area contributed by atoms with E-state index in [1.165, 1.54) is 0 Å². The van der Waals surface area contributed by atoms with Gasteiger partial charge < -0.3 is 4.89 Å². The Hall–Kier alpha value is -0.0200. The van der Waals surface area contributed by atoms with Crippen molar-refractivity contribution in [1.29, 1.82) is 0 Å². The zero-order chi connectivity index (χ0) is 12.7. The third kappa shape index (κ3) is 10.5. The number of hydrogen-bond acceptors (Lipinski definition) is 1. The average Bonchev–Trinajstić information content (AvgIpc) is 2.12. The first-order chi connectivity index (χ1) is 7.27. The minimum atomic E-state index is -4.11. The second kappa shape index (κ2) is 7.33. The first kappa shape index (κ1) is 16.0. The summed E-state index contributed by atoms with van der Waals surface area (Å²) in [5.41, 5.74) is 0. The van der Waals surface area contributed by atoms with Gasteiger partial charge in [-0.05, 0) is 19.3 Å². The fraction of sp³-hybridized carbons (Fsp3) is 1.00. The van der Waals surface area contributed by atoms with Crippen molar-refractivity contribution < 1.29 is 22.6 Å². The molecule has 98 valence electrons. The largest absolute Gasteiger partial charge is 0.389 e. The Morgan fingerprint density at radius 3 is 2.12 bits per heavy atom. The van der Waals surface area contributed by atoms with E-state index in [-0.39, 0.29) is 12.6 Å². The highest BCUT2D eigenvalue weighted by molar-refractivity contribution is 7.57. The van der Waals surface area contributed by atoms with E-state index in [0.717, 1.165) is 6.42 Å². The summed E-state index contributed by atoms with van der Waals surface area (Å²) in [6.45, 7) is 1.93. The van der Waals surface area contributed by atoms with Crippen LogP contribution in [0.15, 0.2) is 0 Å². The average molecular weight is 260 g/mol. The molecule has 0 amide bonds. The molecule has 0 aliphatic rings. The number of halogens is 3.